The van der Waals surface area contributed by atoms with Crippen LogP contribution in [0.1, 0.15) is 27.6 Å². The summed E-state index contributed by atoms with van der Waals surface area (Å²) in [5.74, 6) is -2.34. The van der Waals surface area contributed by atoms with E-state index < -0.39 is 12.1 Å². The van der Waals surface area contributed by atoms with Gasteiger partial charge in [-0.3, -0.25) is 14.0 Å². The number of amides is 1. The van der Waals surface area contributed by atoms with E-state index in [0.29, 0.717) is 36.9 Å². The van der Waals surface area contributed by atoms with Crippen LogP contribution in [0.15, 0.2) is 42.3 Å². The molecule has 35 heavy (non-hydrogen) atoms. The Morgan fingerprint density at radius 3 is 2.66 bits per heavy atom. The SMILES string of the molecule is Cc1nc(Cn2cnc(-c3nc(C(=O)N4CCCO4)c4ccccn34)c2)cs1.O=C(O)C(F)(F)F. The number of rotatable bonds is 4. The molecule has 0 atom stereocenters. The molecule has 0 aromatic carbocycles. The van der Waals surface area contributed by atoms with Crippen molar-refractivity contribution in [2.45, 2.75) is 26.1 Å². The molecular formula is C21H19F3N6O4S. The summed E-state index contributed by atoms with van der Waals surface area (Å²) in [5.41, 5.74) is 2.82. The highest BCUT2D eigenvalue weighted by Crippen LogP contribution is 2.24. The van der Waals surface area contributed by atoms with Gasteiger partial charge in [0.15, 0.2) is 11.5 Å². The monoisotopic (exact) mass is 508 g/mol. The summed E-state index contributed by atoms with van der Waals surface area (Å²) in [6.45, 7) is 3.79. The minimum atomic E-state index is -5.08. The van der Waals surface area contributed by atoms with Crippen LogP contribution in [0, 0.1) is 6.92 Å². The maximum absolute atomic E-state index is 12.8. The summed E-state index contributed by atoms with van der Waals surface area (Å²) in [4.78, 5) is 40.8. The highest BCUT2D eigenvalue weighted by Gasteiger charge is 2.38. The van der Waals surface area contributed by atoms with Gasteiger partial charge >= 0.3 is 12.1 Å². The topological polar surface area (TPSA) is 115 Å². The Balaban J connectivity index is 0.000000364. The van der Waals surface area contributed by atoms with E-state index in [0.717, 1.165) is 22.6 Å². The van der Waals surface area contributed by atoms with E-state index in [1.807, 2.05) is 51.9 Å². The summed E-state index contributed by atoms with van der Waals surface area (Å²) in [7, 11) is 0. The number of hydrogen-bond acceptors (Lipinski definition) is 7. The van der Waals surface area contributed by atoms with E-state index in [2.05, 4.69) is 15.0 Å². The van der Waals surface area contributed by atoms with Crippen molar-refractivity contribution in [3.8, 4) is 11.5 Å². The number of aromatic nitrogens is 5. The van der Waals surface area contributed by atoms with Crippen LogP contribution in [0.4, 0.5) is 13.2 Å². The Morgan fingerprint density at radius 2 is 2.03 bits per heavy atom. The third-order valence-electron chi connectivity index (χ3n) is 4.85. The van der Waals surface area contributed by atoms with Crippen LogP contribution < -0.4 is 0 Å². The molecule has 0 bridgehead atoms. The van der Waals surface area contributed by atoms with Crippen LogP contribution in [0.5, 0.6) is 0 Å². The quantitative estimate of drug-likeness (QED) is 0.449. The first-order valence-electron chi connectivity index (χ1n) is 10.3. The minimum absolute atomic E-state index is 0.218. The van der Waals surface area contributed by atoms with Gasteiger partial charge in [0.05, 0.1) is 42.2 Å². The molecule has 14 heteroatoms. The fourth-order valence-electron chi connectivity index (χ4n) is 3.33. The Kier molecular flexibility index (Phi) is 6.84. The van der Waals surface area contributed by atoms with Crippen molar-refractivity contribution in [3.63, 3.8) is 0 Å². The zero-order valence-electron chi connectivity index (χ0n) is 18.3. The summed E-state index contributed by atoms with van der Waals surface area (Å²) in [6, 6.07) is 5.69. The molecule has 5 heterocycles. The molecule has 1 amide bonds. The highest BCUT2D eigenvalue weighted by atomic mass is 32.1. The van der Waals surface area contributed by atoms with E-state index in [4.69, 9.17) is 14.7 Å². The molecule has 0 spiro atoms. The van der Waals surface area contributed by atoms with Crippen molar-refractivity contribution in [3.05, 3.63) is 58.7 Å². The number of aryl methyl sites for hydroxylation is 1. The molecule has 0 radical (unpaired) electrons. The van der Waals surface area contributed by atoms with E-state index in [9.17, 15) is 18.0 Å². The maximum Gasteiger partial charge on any atom is 0.490 e. The van der Waals surface area contributed by atoms with Crippen molar-refractivity contribution in [1.29, 1.82) is 0 Å². The fraction of sp³-hybridized carbons (Fsp3) is 0.286. The van der Waals surface area contributed by atoms with Gasteiger partial charge in [-0.2, -0.15) is 13.2 Å². The van der Waals surface area contributed by atoms with Gasteiger partial charge in [0.2, 0.25) is 0 Å². The van der Waals surface area contributed by atoms with Crippen molar-refractivity contribution in [2.24, 2.45) is 0 Å². The first-order valence-corrected chi connectivity index (χ1v) is 11.2. The Labute approximate surface area is 200 Å². The molecule has 10 nitrogen and oxygen atoms in total. The van der Waals surface area contributed by atoms with E-state index >= 15 is 0 Å². The fourth-order valence-corrected chi connectivity index (χ4v) is 3.94. The van der Waals surface area contributed by atoms with Crippen molar-refractivity contribution in [2.75, 3.05) is 13.2 Å². The van der Waals surface area contributed by atoms with Gasteiger partial charge in [-0.05, 0) is 25.5 Å². The predicted octanol–water partition coefficient (Wildman–Crippen LogP) is 3.42. The first kappa shape index (κ1) is 24.3. The molecule has 1 aliphatic rings. The number of aliphatic carboxylic acids is 1. The zero-order chi connectivity index (χ0) is 25.2. The van der Waals surface area contributed by atoms with E-state index in [1.165, 1.54) is 5.06 Å². The molecule has 1 saturated heterocycles. The van der Waals surface area contributed by atoms with Gasteiger partial charge in [-0.1, -0.05) is 6.07 Å². The largest absolute Gasteiger partial charge is 0.490 e. The zero-order valence-corrected chi connectivity index (χ0v) is 19.1. The number of carboxylic acid groups (broad SMARTS) is 1. The third kappa shape index (κ3) is 5.49. The van der Waals surface area contributed by atoms with Crippen LogP contribution in [-0.4, -0.2) is 65.3 Å². The lowest BCUT2D eigenvalue weighted by atomic mass is 10.3. The molecule has 1 aliphatic heterocycles. The average Bonchev–Trinajstić information content (AvgIpc) is 3.60. The number of alkyl halides is 3. The van der Waals surface area contributed by atoms with Crippen LogP contribution in [-0.2, 0) is 16.2 Å². The predicted molar refractivity (Wildman–Crippen MR) is 118 cm³/mol. The molecule has 4 aromatic rings. The first-order chi connectivity index (χ1) is 16.6. The van der Waals surface area contributed by atoms with Crippen LogP contribution in [0.2, 0.25) is 0 Å². The number of pyridine rings is 1. The lowest BCUT2D eigenvalue weighted by molar-refractivity contribution is -0.192. The van der Waals surface area contributed by atoms with E-state index in [1.54, 1.807) is 17.7 Å². The number of carbonyl (C=O) groups excluding carboxylic acids is 1. The van der Waals surface area contributed by atoms with Gasteiger partial charge in [0.25, 0.3) is 5.91 Å². The molecule has 0 saturated carbocycles. The minimum Gasteiger partial charge on any atom is -0.475 e. The number of carboxylic acids is 1. The second kappa shape index (κ2) is 9.84. The van der Waals surface area contributed by atoms with Crippen molar-refractivity contribution >= 4 is 28.7 Å². The van der Waals surface area contributed by atoms with Gasteiger partial charge < -0.3 is 9.67 Å². The number of hydroxylamine groups is 2. The molecule has 0 unspecified atom stereocenters. The highest BCUT2D eigenvalue weighted by molar-refractivity contribution is 7.09. The molecular weight excluding hydrogens is 489 g/mol. The Hall–Kier alpha value is -3.78. The van der Waals surface area contributed by atoms with Gasteiger partial charge in [0.1, 0.15) is 5.69 Å². The number of halogens is 3. The number of nitrogens with zero attached hydrogens (tertiary/aromatic N) is 6. The van der Waals surface area contributed by atoms with E-state index in [-0.39, 0.29) is 5.91 Å². The number of hydrogen-bond donors (Lipinski definition) is 1. The summed E-state index contributed by atoms with van der Waals surface area (Å²) in [5, 5.41) is 11.6. The van der Waals surface area contributed by atoms with Gasteiger partial charge in [-0.25, -0.2) is 24.8 Å². The Morgan fingerprint density at radius 1 is 1.26 bits per heavy atom. The number of fused-ring (bicyclic) bond motifs is 1. The summed E-state index contributed by atoms with van der Waals surface area (Å²) in [6.07, 6.45) is 1.34. The van der Waals surface area contributed by atoms with Crippen LogP contribution in [0.3, 0.4) is 0 Å². The van der Waals surface area contributed by atoms with Crippen LogP contribution >= 0.6 is 11.3 Å². The molecule has 0 aliphatic carbocycles. The molecule has 4 aromatic heterocycles. The lowest BCUT2D eigenvalue weighted by Crippen LogP contribution is -2.27. The van der Waals surface area contributed by atoms with Crippen molar-refractivity contribution in [1.82, 2.24) is 29.0 Å². The second-order valence-electron chi connectivity index (χ2n) is 7.43. The summed E-state index contributed by atoms with van der Waals surface area (Å²) >= 11 is 1.63. The average molecular weight is 508 g/mol. The standard InChI is InChI=1S/C19H18N6O2S.C2HF3O2/c1-13-21-14(11-28-13)9-23-10-15(20-12-23)18-22-17(16-5-2-3-6-24(16)18)19(26)25-7-4-8-27-25;3-2(4,5)1(6)7/h2-3,5-6,10-12H,4,7-9H2,1H3;(H,6,7). The number of imidazole rings is 2. The second-order valence-corrected chi connectivity index (χ2v) is 8.49. The number of thiazole rings is 1. The summed E-state index contributed by atoms with van der Waals surface area (Å²) < 4.78 is 35.6. The Bertz CT molecular complexity index is 1360. The molecule has 5 rings (SSSR count). The molecule has 184 valence electrons. The van der Waals surface area contributed by atoms with Gasteiger partial charge in [-0.15, -0.1) is 11.3 Å². The third-order valence-corrected chi connectivity index (χ3v) is 5.67. The van der Waals surface area contributed by atoms with Gasteiger partial charge in [0, 0.05) is 17.8 Å². The number of carbonyl (C=O) groups is 2. The molecule has 1 N–H and O–H groups in total. The maximum atomic E-state index is 12.8. The van der Waals surface area contributed by atoms with Crippen molar-refractivity contribution < 1.29 is 32.7 Å². The normalized spacial score (nSPS) is 13.7. The smallest absolute Gasteiger partial charge is 0.475 e. The lowest BCUT2D eigenvalue weighted by Gasteiger charge is -2.11. The van der Waals surface area contributed by atoms with Crippen LogP contribution in [0.25, 0.3) is 17.0 Å². The molecule has 1 fully saturated rings.